The average molecular weight is 306 g/mol. The summed E-state index contributed by atoms with van der Waals surface area (Å²) in [6.45, 7) is 0. The number of benzene rings is 2. The first-order chi connectivity index (χ1) is 9.79. The summed E-state index contributed by atoms with van der Waals surface area (Å²) in [6, 6.07) is 13.9. The molecule has 0 atom stereocenters. The third kappa shape index (κ3) is 3.40. The van der Waals surface area contributed by atoms with Crippen LogP contribution >= 0.6 is 0 Å². The van der Waals surface area contributed by atoms with E-state index < -0.39 is 10.4 Å². The van der Waals surface area contributed by atoms with Gasteiger partial charge >= 0.3 is 10.4 Å². The van der Waals surface area contributed by atoms with E-state index in [1.165, 1.54) is 0 Å². The number of ketones is 2. The highest BCUT2D eigenvalue weighted by atomic mass is 32.3. The maximum absolute atomic E-state index is 12.1. The van der Waals surface area contributed by atoms with Gasteiger partial charge in [-0.3, -0.25) is 18.7 Å². The van der Waals surface area contributed by atoms with E-state index in [2.05, 4.69) is 0 Å². The monoisotopic (exact) mass is 306 g/mol. The molecule has 108 valence electrons. The molecule has 0 saturated heterocycles. The summed E-state index contributed by atoms with van der Waals surface area (Å²) < 4.78 is 31.6. The van der Waals surface area contributed by atoms with Gasteiger partial charge in [0.2, 0.25) is 0 Å². The third-order valence-corrected chi connectivity index (χ3v) is 2.83. The van der Waals surface area contributed by atoms with Crippen molar-refractivity contribution in [3.8, 4) is 0 Å². The number of rotatable bonds is 0. The Hall–Kier alpha value is -2.35. The lowest BCUT2D eigenvalue weighted by Crippen LogP contribution is -2.20. The Labute approximate surface area is 120 Å². The van der Waals surface area contributed by atoms with E-state index >= 15 is 0 Å². The number of carbonyl (C=O) groups excluding carboxylic acids is 2. The van der Waals surface area contributed by atoms with Gasteiger partial charge in [0, 0.05) is 22.3 Å². The molecule has 2 aromatic rings. The van der Waals surface area contributed by atoms with E-state index in [9.17, 15) is 9.59 Å². The highest BCUT2D eigenvalue weighted by Crippen LogP contribution is 2.26. The van der Waals surface area contributed by atoms with Gasteiger partial charge in [-0.1, -0.05) is 48.5 Å². The van der Waals surface area contributed by atoms with Gasteiger partial charge in [0.1, 0.15) is 0 Å². The molecule has 0 saturated carbocycles. The smallest absolute Gasteiger partial charge is 0.289 e. The molecule has 21 heavy (non-hydrogen) atoms. The first kappa shape index (κ1) is 15.0. The average Bonchev–Trinajstić information content (AvgIpc) is 2.43. The standard InChI is InChI=1S/C14H8O2.H2O4S/c15-13-9-5-1-2-6-10(9)14(16)12-8-4-3-7-11(12)13;1-5(2,3)4/h1-8H;(H2,1,2,3,4). The first-order valence-corrected chi connectivity index (χ1v) is 7.16. The Bertz CT molecular complexity index is 709. The second kappa shape index (κ2) is 5.57. The van der Waals surface area contributed by atoms with Crippen molar-refractivity contribution in [1.82, 2.24) is 0 Å². The molecule has 0 fully saturated rings. The normalized spacial score (nSPS) is 12.9. The predicted molar refractivity (Wildman–Crippen MR) is 73.9 cm³/mol. The molecule has 7 heteroatoms. The quantitative estimate of drug-likeness (QED) is 0.613. The van der Waals surface area contributed by atoms with Gasteiger partial charge in [0.15, 0.2) is 11.6 Å². The van der Waals surface area contributed by atoms with Gasteiger partial charge in [0.25, 0.3) is 0 Å². The molecule has 0 bridgehead atoms. The fourth-order valence-corrected chi connectivity index (χ4v) is 2.05. The highest BCUT2D eigenvalue weighted by molar-refractivity contribution is 7.79. The summed E-state index contributed by atoms with van der Waals surface area (Å²) in [5, 5.41) is 0. The Morgan fingerprint density at radius 3 is 1.00 bits per heavy atom. The van der Waals surface area contributed by atoms with E-state index in [-0.39, 0.29) is 11.6 Å². The molecule has 3 rings (SSSR count). The van der Waals surface area contributed by atoms with Gasteiger partial charge in [-0.05, 0) is 0 Å². The van der Waals surface area contributed by atoms with E-state index in [1.807, 2.05) is 0 Å². The lowest BCUT2D eigenvalue weighted by atomic mass is 9.84. The molecule has 2 aromatic carbocycles. The maximum Gasteiger partial charge on any atom is 0.394 e. The number of hydrogen-bond donors (Lipinski definition) is 2. The van der Waals surface area contributed by atoms with Crippen molar-refractivity contribution in [1.29, 1.82) is 0 Å². The van der Waals surface area contributed by atoms with Crippen LogP contribution in [0.2, 0.25) is 0 Å². The molecule has 0 spiro atoms. The van der Waals surface area contributed by atoms with E-state index in [0.29, 0.717) is 22.3 Å². The van der Waals surface area contributed by atoms with Crippen LogP contribution in [-0.4, -0.2) is 29.1 Å². The minimum Gasteiger partial charge on any atom is -0.289 e. The lowest BCUT2D eigenvalue weighted by molar-refractivity contribution is 0.0979. The van der Waals surface area contributed by atoms with Crippen LogP contribution in [0.5, 0.6) is 0 Å². The summed E-state index contributed by atoms with van der Waals surface area (Å²) >= 11 is 0. The summed E-state index contributed by atoms with van der Waals surface area (Å²) in [4.78, 5) is 24.2. The Kier molecular flexibility index (Phi) is 3.99. The summed E-state index contributed by atoms with van der Waals surface area (Å²) in [5.74, 6) is -0.128. The molecule has 0 aromatic heterocycles. The molecule has 0 radical (unpaired) electrons. The molecule has 0 heterocycles. The van der Waals surface area contributed by atoms with Crippen LogP contribution in [0.15, 0.2) is 48.5 Å². The second-order valence-corrected chi connectivity index (χ2v) is 5.09. The highest BCUT2D eigenvalue weighted by Gasteiger charge is 2.28. The minimum absolute atomic E-state index is 0.0641. The summed E-state index contributed by atoms with van der Waals surface area (Å²) in [6.07, 6.45) is 0. The first-order valence-electron chi connectivity index (χ1n) is 5.76. The fraction of sp³-hybridized carbons (Fsp3) is 0. The molecule has 6 nitrogen and oxygen atoms in total. The SMILES string of the molecule is O=C1c2ccccc2C(=O)c2ccccc21.O=S(=O)(O)O. The van der Waals surface area contributed by atoms with Crippen LogP contribution in [0.1, 0.15) is 31.8 Å². The Morgan fingerprint density at radius 1 is 0.619 bits per heavy atom. The van der Waals surface area contributed by atoms with Crippen molar-refractivity contribution in [2.75, 3.05) is 0 Å². The van der Waals surface area contributed by atoms with Crippen molar-refractivity contribution in [3.63, 3.8) is 0 Å². The summed E-state index contributed by atoms with van der Waals surface area (Å²) in [7, 11) is -4.67. The van der Waals surface area contributed by atoms with Crippen molar-refractivity contribution in [2.24, 2.45) is 0 Å². The molecule has 2 N–H and O–H groups in total. The van der Waals surface area contributed by atoms with Crippen LogP contribution in [0.4, 0.5) is 0 Å². The zero-order chi connectivity index (χ0) is 15.6. The van der Waals surface area contributed by atoms with E-state index in [1.54, 1.807) is 48.5 Å². The zero-order valence-electron chi connectivity index (χ0n) is 10.6. The van der Waals surface area contributed by atoms with E-state index in [0.717, 1.165) is 0 Å². The minimum atomic E-state index is -4.67. The molecule has 0 aliphatic heterocycles. The van der Waals surface area contributed by atoms with Gasteiger partial charge < -0.3 is 0 Å². The van der Waals surface area contributed by atoms with Crippen molar-refractivity contribution in [3.05, 3.63) is 70.8 Å². The number of carbonyl (C=O) groups is 2. The van der Waals surface area contributed by atoms with Crippen molar-refractivity contribution >= 4 is 22.0 Å². The van der Waals surface area contributed by atoms with Crippen LogP contribution in [0.25, 0.3) is 0 Å². The van der Waals surface area contributed by atoms with Crippen LogP contribution in [0.3, 0.4) is 0 Å². The molecule has 0 amide bonds. The van der Waals surface area contributed by atoms with Gasteiger partial charge in [-0.2, -0.15) is 8.42 Å². The molecule has 1 aliphatic carbocycles. The van der Waals surface area contributed by atoms with E-state index in [4.69, 9.17) is 17.5 Å². The van der Waals surface area contributed by atoms with Crippen molar-refractivity contribution < 1.29 is 27.1 Å². The Morgan fingerprint density at radius 2 is 0.810 bits per heavy atom. The Balaban J connectivity index is 0.000000282. The number of fused-ring (bicyclic) bond motifs is 2. The lowest BCUT2D eigenvalue weighted by Gasteiger charge is -2.16. The molecular formula is C14H10O6S. The number of hydrogen-bond acceptors (Lipinski definition) is 4. The van der Waals surface area contributed by atoms with Crippen LogP contribution in [-0.2, 0) is 10.4 Å². The topological polar surface area (TPSA) is 109 Å². The van der Waals surface area contributed by atoms with Crippen LogP contribution < -0.4 is 0 Å². The maximum atomic E-state index is 12.1. The molecule has 1 aliphatic rings. The van der Waals surface area contributed by atoms with Crippen LogP contribution in [0, 0.1) is 0 Å². The second-order valence-electron chi connectivity index (χ2n) is 4.20. The van der Waals surface area contributed by atoms with Gasteiger partial charge in [-0.25, -0.2) is 0 Å². The molecule has 0 unspecified atom stereocenters. The van der Waals surface area contributed by atoms with Crippen molar-refractivity contribution in [2.45, 2.75) is 0 Å². The predicted octanol–water partition coefficient (Wildman–Crippen LogP) is 1.81. The fourth-order valence-electron chi connectivity index (χ4n) is 2.05. The van der Waals surface area contributed by atoms with Gasteiger partial charge in [-0.15, -0.1) is 0 Å². The third-order valence-electron chi connectivity index (χ3n) is 2.83. The molecular weight excluding hydrogens is 296 g/mol. The van der Waals surface area contributed by atoms with Gasteiger partial charge in [0.05, 0.1) is 0 Å². The largest absolute Gasteiger partial charge is 0.394 e. The zero-order valence-corrected chi connectivity index (χ0v) is 11.4. The summed E-state index contributed by atoms with van der Waals surface area (Å²) in [5.41, 5.74) is 2.02.